The van der Waals surface area contributed by atoms with E-state index in [1.165, 1.54) is 25.7 Å². The molecule has 2 N–H and O–H groups in total. The SMILES string of the molecule is CCCCCCCOc1ccc(-c2cnc(-c3ccc(CC(NCc4cc(C(C)C)no4)C(=O)O)cc3)nc2)cc1. The molecule has 2 heterocycles. The molecule has 216 valence electrons. The van der Waals surface area contributed by atoms with Crippen molar-refractivity contribution < 1.29 is 19.2 Å². The maximum Gasteiger partial charge on any atom is 0.321 e. The van der Waals surface area contributed by atoms with E-state index in [2.05, 4.69) is 27.4 Å². The Morgan fingerprint density at radius 2 is 1.61 bits per heavy atom. The van der Waals surface area contributed by atoms with E-state index >= 15 is 0 Å². The lowest BCUT2D eigenvalue weighted by molar-refractivity contribution is -0.139. The van der Waals surface area contributed by atoms with Crippen LogP contribution in [0, 0.1) is 0 Å². The Hall–Kier alpha value is -4.04. The maximum absolute atomic E-state index is 11.8. The molecule has 0 aliphatic rings. The van der Waals surface area contributed by atoms with Gasteiger partial charge >= 0.3 is 5.97 Å². The average molecular weight is 557 g/mol. The molecule has 8 nitrogen and oxygen atoms in total. The van der Waals surface area contributed by atoms with Gasteiger partial charge in [0.1, 0.15) is 11.8 Å². The lowest BCUT2D eigenvalue weighted by Crippen LogP contribution is -2.38. The topological polar surface area (TPSA) is 110 Å². The molecular formula is C33H40N4O4. The van der Waals surface area contributed by atoms with Gasteiger partial charge in [-0.3, -0.25) is 10.1 Å². The highest BCUT2D eigenvalue weighted by molar-refractivity contribution is 5.74. The van der Waals surface area contributed by atoms with E-state index in [1.807, 2.05) is 80.8 Å². The van der Waals surface area contributed by atoms with Crippen LogP contribution in [0.25, 0.3) is 22.5 Å². The second-order valence-electron chi connectivity index (χ2n) is 10.6. The van der Waals surface area contributed by atoms with E-state index in [1.54, 1.807) is 0 Å². The largest absolute Gasteiger partial charge is 0.494 e. The highest BCUT2D eigenvalue weighted by Crippen LogP contribution is 2.24. The minimum absolute atomic E-state index is 0.252. The number of carboxylic acids is 1. The van der Waals surface area contributed by atoms with Crippen LogP contribution in [0.5, 0.6) is 5.75 Å². The standard InChI is InChI=1S/C33H40N4O4/c1-4-5-6-7-8-17-40-28-15-13-25(14-16-28)27-20-35-32(36-21-27)26-11-9-24(10-12-26)18-31(33(38)39)34-22-29-19-30(23(2)3)37-41-29/h9-16,19-21,23,31,34H,4-8,17-18,22H2,1-3H3,(H,38,39). The second-order valence-corrected chi connectivity index (χ2v) is 10.6. The fourth-order valence-electron chi connectivity index (χ4n) is 4.45. The molecule has 41 heavy (non-hydrogen) atoms. The van der Waals surface area contributed by atoms with Crippen LogP contribution in [0.3, 0.4) is 0 Å². The molecule has 4 rings (SSSR count). The predicted molar refractivity (Wildman–Crippen MR) is 160 cm³/mol. The zero-order chi connectivity index (χ0) is 29.0. The van der Waals surface area contributed by atoms with Crippen molar-refractivity contribution >= 4 is 5.97 Å². The first kappa shape index (κ1) is 29.9. The number of nitrogens with one attached hydrogen (secondary N) is 1. The van der Waals surface area contributed by atoms with E-state index in [9.17, 15) is 9.90 Å². The van der Waals surface area contributed by atoms with Crippen LogP contribution >= 0.6 is 0 Å². The summed E-state index contributed by atoms with van der Waals surface area (Å²) in [6.45, 7) is 7.32. The minimum atomic E-state index is -0.918. The first-order valence-corrected chi connectivity index (χ1v) is 14.5. The Bertz CT molecular complexity index is 1350. The van der Waals surface area contributed by atoms with E-state index in [-0.39, 0.29) is 5.92 Å². The first-order valence-electron chi connectivity index (χ1n) is 14.5. The monoisotopic (exact) mass is 556 g/mol. The summed E-state index contributed by atoms with van der Waals surface area (Å²) in [6, 6.07) is 16.8. The van der Waals surface area contributed by atoms with Gasteiger partial charge in [-0.25, -0.2) is 9.97 Å². The Kier molecular flexibility index (Phi) is 11.0. The molecule has 0 bridgehead atoms. The Morgan fingerprint density at radius 3 is 2.24 bits per heavy atom. The molecule has 0 fully saturated rings. The summed E-state index contributed by atoms with van der Waals surface area (Å²) in [7, 11) is 0. The van der Waals surface area contributed by atoms with Crippen molar-refractivity contribution in [3.63, 3.8) is 0 Å². The Labute approximate surface area is 242 Å². The van der Waals surface area contributed by atoms with Crippen molar-refractivity contribution in [2.75, 3.05) is 6.61 Å². The number of aromatic nitrogens is 3. The number of hydrogen-bond donors (Lipinski definition) is 2. The second kappa shape index (κ2) is 15.1. The van der Waals surface area contributed by atoms with Gasteiger partial charge in [-0.05, 0) is 42.0 Å². The average Bonchev–Trinajstić information content (AvgIpc) is 3.47. The van der Waals surface area contributed by atoms with Crippen LogP contribution in [-0.4, -0.2) is 38.8 Å². The summed E-state index contributed by atoms with van der Waals surface area (Å²) >= 11 is 0. The number of benzene rings is 2. The van der Waals surface area contributed by atoms with Gasteiger partial charge < -0.3 is 14.4 Å². The van der Waals surface area contributed by atoms with Crippen LogP contribution in [0.1, 0.15) is 75.8 Å². The summed E-state index contributed by atoms with van der Waals surface area (Å²) in [5.41, 5.74) is 4.57. The Balaban J connectivity index is 1.29. The fourth-order valence-corrected chi connectivity index (χ4v) is 4.45. The summed E-state index contributed by atoms with van der Waals surface area (Å²) < 4.78 is 11.2. The number of nitrogens with zero attached hydrogens (tertiary/aromatic N) is 3. The van der Waals surface area contributed by atoms with E-state index in [4.69, 9.17) is 9.26 Å². The molecule has 0 saturated carbocycles. The zero-order valence-electron chi connectivity index (χ0n) is 24.2. The number of aliphatic carboxylic acids is 1. The molecule has 0 spiro atoms. The molecule has 1 unspecified atom stereocenters. The van der Waals surface area contributed by atoms with Crippen LogP contribution in [0.2, 0.25) is 0 Å². The normalized spacial score (nSPS) is 12.0. The molecule has 4 aromatic rings. The van der Waals surface area contributed by atoms with Crippen molar-refractivity contribution in [3.05, 3.63) is 84.0 Å². The predicted octanol–water partition coefficient (Wildman–Crippen LogP) is 7.06. The van der Waals surface area contributed by atoms with Gasteiger partial charge in [0, 0.05) is 29.6 Å². The van der Waals surface area contributed by atoms with Crippen LogP contribution < -0.4 is 10.1 Å². The number of hydrogen-bond acceptors (Lipinski definition) is 7. The van der Waals surface area contributed by atoms with Gasteiger partial charge in [0.05, 0.1) is 18.8 Å². The van der Waals surface area contributed by atoms with Crippen LogP contribution in [0.4, 0.5) is 0 Å². The van der Waals surface area contributed by atoms with Gasteiger partial charge in [-0.2, -0.15) is 0 Å². The molecule has 2 aromatic heterocycles. The summed E-state index contributed by atoms with van der Waals surface area (Å²) in [5.74, 6) is 1.44. The zero-order valence-corrected chi connectivity index (χ0v) is 24.2. The van der Waals surface area contributed by atoms with E-state index in [0.29, 0.717) is 24.6 Å². The van der Waals surface area contributed by atoms with Crippen LogP contribution in [0.15, 0.2) is 71.5 Å². The fraction of sp³-hybridized carbons (Fsp3) is 0.394. The van der Waals surface area contributed by atoms with Crippen molar-refractivity contribution in [2.45, 2.75) is 77.8 Å². The summed E-state index contributed by atoms with van der Waals surface area (Å²) in [4.78, 5) is 21.0. The molecule has 0 saturated heterocycles. The number of carbonyl (C=O) groups is 1. The maximum atomic E-state index is 11.8. The smallest absolute Gasteiger partial charge is 0.321 e. The van der Waals surface area contributed by atoms with Gasteiger partial charge in [-0.1, -0.05) is 88.0 Å². The molecule has 0 aliphatic heterocycles. The first-order chi connectivity index (χ1) is 19.9. The molecule has 0 aliphatic carbocycles. The molecule has 8 heteroatoms. The molecular weight excluding hydrogens is 516 g/mol. The van der Waals surface area contributed by atoms with E-state index < -0.39 is 12.0 Å². The number of unbranched alkanes of at least 4 members (excludes halogenated alkanes) is 4. The number of rotatable bonds is 16. The molecule has 0 radical (unpaired) electrons. The number of carboxylic acid groups (broad SMARTS) is 1. The number of ether oxygens (including phenoxy) is 1. The van der Waals surface area contributed by atoms with Crippen LogP contribution in [-0.2, 0) is 17.8 Å². The van der Waals surface area contributed by atoms with E-state index in [0.717, 1.165) is 46.7 Å². The van der Waals surface area contributed by atoms with Gasteiger partial charge in [0.2, 0.25) is 0 Å². The highest BCUT2D eigenvalue weighted by Gasteiger charge is 2.19. The van der Waals surface area contributed by atoms with Crippen molar-refractivity contribution in [3.8, 4) is 28.3 Å². The lowest BCUT2D eigenvalue weighted by Gasteiger charge is -2.14. The van der Waals surface area contributed by atoms with Gasteiger partial charge in [0.15, 0.2) is 11.6 Å². The summed E-state index contributed by atoms with van der Waals surface area (Å²) in [5, 5.41) is 16.8. The highest BCUT2D eigenvalue weighted by atomic mass is 16.5. The summed E-state index contributed by atoms with van der Waals surface area (Å²) in [6.07, 6.45) is 10.1. The molecule has 1 atom stereocenters. The van der Waals surface area contributed by atoms with Crippen molar-refractivity contribution in [1.82, 2.24) is 20.4 Å². The van der Waals surface area contributed by atoms with Gasteiger partial charge in [0.25, 0.3) is 0 Å². The third-order valence-corrected chi connectivity index (χ3v) is 7.00. The molecule has 0 amide bonds. The van der Waals surface area contributed by atoms with Crippen molar-refractivity contribution in [1.29, 1.82) is 0 Å². The Morgan fingerprint density at radius 1 is 0.927 bits per heavy atom. The minimum Gasteiger partial charge on any atom is -0.494 e. The third kappa shape index (κ3) is 8.98. The quantitative estimate of drug-likeness (QED) is 0.141. The third-order valence-electron chi connectivity index (χ3n) is 7.00. The molecule has 2 aromatic carbocycles. The van der Waals surface area contributed by atoms with Gasteiger partial charge in [-0.15, -0.1) is 0 Å². The lowest BCUT2D eigenvalue weighted by atomic mass is 10.0. The van der Waals surface area contributed by atoms with Crippen molar-refractivity contribution in [2.24, 2.45) is 0 Å².